The Bertz CT molecular complexity index is 799. The summed E-state index contributed by atoms with van der Waals surface area (Å²) in [7, 11) is 0. The lowest BCUT2D eigenvalue weighted by atomic mass is 9.81. The average molecular weight is 366 g/mol. The van der Waals surface area contributed by atoms with Crippen molar-refractivity contribution >= 4 is 34.8 Å². The van der Waals surface area contributed by atoms with Crippen LogP contribution in [-0.4, -0.2) is 16.6 Å². The fourth-order valence-corrected chi connectivity index (χ4v) is 3.61. The maximum absolute atomic E-state index is 14.0. The third kappa shape index (κ3) is 3.35. The number of Topliss-reactive ketones (excluding diaryl/α,β-unsaturated/α-hetero) is 2. The first-order chi connectivity index (χ1) is 11.5. The van der Waals surface area contributed by atoms with Gasteiger partial charge in [-0.25, -0.2) is 4.39 Å². The molecule has 24 heavy (non-hydrogen) atoms. The largest absolute Gasteiger partial charge is 0.299 e. The Kier molecular flexibility index (Phi) is 4.97. The Labute approximate surface area is 148 Å². The van der Waals surface area contributed by atoms with Gasteiger partial charge >= 0.3 is 0 Å². The van der Waals surface area contributed by atoms with Crippen molar-refractivity contribution in [1.82, 2.24) is 4.98 Å². The van der Waals surface area contributed by atoms with E-state index in [9.17, 15) is 14.0 Å². The van der Waals surface area contributed by atoms with E-state index in [1.807, 2.05) is 0 Å². The van der Waals surface area contributed by atoms with Crippen molar-refractivity contribution in [1.29, 1.82) is 0 Å². The topological polar surface area (TPSA) is 47.0 Å². The minimum Gasteiger partial charge on any atom is -0.299 e. The number of pyridine rings is 1. The lowest BCUT2D eigenvalue weighted by Gasteiger charge is -2.22. The van der Waals surface area contributed by atoms with Crippen molar-refractivity contribution in [2.24, 2.45) is 0 Å². The number of carbonyl (C=O) groups excluding carboxylic acids is 2. The first-order valence-electron chi connectivity index (χ1n) is 7.61. The number of rotatable bonds is 4. The summed E-state index contributed by atoms with van der Waals surface area (Å²) in [6.45, 7) is 0. The molecular weight excluding hydrogens is 352 g/mol. The summed E-state index contributed by atoms with van der Waals surface area (Å²) in [4.78, 5) is 28.6. The molecule has 0 saturated carbocycles. The second-order valence-corrected chi connectivity index (χ2v) is 6.61. The molecule has 124 valence electrons. The van der Waals surface area contributed by atoms with Gasteiger partial charge < -0.3 is 0 Å². The van der Waals surface area contributed by atoms with Crippen molar-refractivity contribution < 1.29 is 14.0 Å². The van der Waals surface area contributed by atoms with E-state index in [0.717, 1.165) is 0 Å². The molecule has 2 aromatic rings. The molecule has 3 rings (SSSR count). The van der Waals surface area contributed by atoms with Crippen molar-refractivity contribution in [3.8, 4) is 0 Å². The van der Waals surface area contributed by atoms with E-state index in [1.54, 1.807) is 18.3 Å². The number of benzene rings is 1. The Balaban J connectivity index is 1.77. The van der Waals surface area contributed by atoms with Gasteiger partial charge in [-0.1, -0.05) is 29.3 Å². The van der Waals surface area contributed by atoms with Gasteiger partial charge in [0.25, 0.3) is 0 Å². The van der Waals surface area contributed by atoms with Crippen LogP contribution in [0.4, 0.5) is 4.39 Å². The standard InChI is InChI=1S/C18H14Cl2FNO2/c19-10-8-14(20)13(15(21)9-10)4-5-16(23)11-3-6-17(24)18-12(11)2-1-7-22-18/h1-2,7-9,11H,3-6H2. The maximum Gasteiger partial charge on any atom is 0.181 e. The average Bonchev–Trinajstić information content (AvgIpc) is 2.54. The molecule has 1 aromatic heterocycles. The van der Waals surface area contributed by atoms with Crippen LogP contribution in [-0.2, 0) is 11.2 Å². The number of aromatic nitrogens is 1. The number of nitrogens with zero attached hydrogens (tertiary/aromatic N) is 1. The van der Waals surface area contributed by atoms with Crippen molar-refractivity contribution in [2.75, 3.05) is 0 Å². The summed E-state index contributed by atoms with van der Waals surface area (Å²) >= 11 is 11.8. The molecular formula is C18H14Cl2FNO2. The van der Waals surface area contributed by atoms with Crippen LogP contribution in [0.3, 0.4) is 0 Å². The number of carbonyl (C=O) groups is 2. The minimum atomic E-state index is -0.513. The Hall–Kier alpha value is -1.78. The number of hydrogen-bond donors (Lipinski definition) is 0. The zero-order valence-electron chi connectivity index (χ0n) is 12.7. The molecule has 1 aliphatic carbocycles. The second-order valence-electron chi connectivity index (χ2n) is 5.77. The third-order valence-corrected chi connectivity index (χ3v) is 4.81. The van der Waals surface area contributed by atoms with Crippen molar-refractivity contribution in [3.05, 3.63) is 63.1 Å². The highest BCUT2D eigenvalue weighted by Crippen LogP contribution is 2.33. The van der Waals surface area contributed by atoms with E-state index in [4.69, 9.17) is 23.2 Å². The molecule has 1 aromatic carbocycles. The molecule has 0 amide bonds. The number of hydrogen-bond acceptors (Lipinski definition) is 3. The third-order valence-electron chi connectivity index (χ3n) is 4.25. The van der Waals surface area contributed by atoms with Gasteiger partial charge in [0.15, 0.2) is 5.78 Å². The fourth-order valence-electron chi connectivity index (χ4n) is 3.05. The van der Waals surface area contributed by atoms with Gasteiger partial charge in [-0.3, -0.25) is 14.6 Å². The summed E-state index contributed by atoms with van der Waals surface area (Å²) in [6, 6.07) is 6.13. The Morgan fingerprint density at radius 2 is 2.12 bits per heavy atom. The van der Waals surface area contributed by atoms with E-state index in [1.165, 1.54) is 12.1 Å². The summed E-state index contributed by atoms with van der Waals surface area (Å²) < 4.78 is 14.0. The van der Waals surface area contributed by atoms with Crippen LogP contribution in [0.2, 0.25) is 10.0 Å². The van der Waals surface area contributed by atoms with Gasteiger partial charge in [0.1, 0.15) is 17.3 Å². The molecule has 1 unspecified atom stereocenters. The van der Waals surface area contributed by atoms with Crippen molar-refractivity contribution in [3.63, 3.8) is 0 Å². The molecule has 0 N–H and O–H groups in total. The van der Waals surface area contributed by atoms with E-state index in [0.29, 0.717) is 24.1 Å². The molecule has 1 heterocycles. The predicted molar refractivity (Wildman–Crippen MR) is 90.3 cm³/mol. The fraction of sp³-hybridized carbons (Fsp3) is 0.278. The molecule has 0 aliphatic heterocycles. The lowest BCUT2D eigenvalue weighted by molar-refractivity contribution is -0.120. The zero-order valence-corrected chi connectivity index (χ0v) is 14.2. The molecule has 0 fully saturated rings. The zero-order chi connectivity index (χ0) is 17.3. The lowest BCUT2D eigenvalue weighted by Crippen LogP contribution is -2.23. The van der Waals surface area contributed by atoms with Crippen molar-refractivity contribution in [2.45, 2.75) is 31.6 Å². The van der Waals surface area contributed by atoms with Crippen LogP contribution in [0.5, 0.6) is 0 Å². The van der Waals surface area contributed by atoms with E-state index in [-0.39, 0.29) is 45.9 Å². The van der Waals surface area contributed by atoms with Gasteiger partial charge in [-0.15, -0.1) is 0 Å². The first kappa shape index (κ1) is 17.1. The molecule has 1 atom stereocenters. The van der Waals surface area contributed by atoms with Crippen LogP contribution >= 0.6 is 23.2 Å². The van der Waals surface area contributed by atoms with Crippen LogP contribution < -0.4 is 0 Å². The molecule has 0 radical (unpaired) electrons. The highest BCUT2D eigenvalue weighted by molar-refractivity contribution is 6.35. The van der Waals surface area contributed by atoms with Gasteiger partial charge in [0.05, 0.1) is 0 Å². The number of halogens is 3. The number of fused-ring (bicyclic) bond motifs is 1. The first-order valence-corrected chi connectivity index (χ1v) is 8.37. The van der Waals surface area contributed by atoms with Gasteiger partial charge in [0.2, 0.25) is 0 Å². The van der Waals surface area contributed by atoms with Crippen LogP contribution in [0.25, 0.3) is 0 Å². The molecule has 0 saturated heterocycles. The van der Waals surface area contributed by atoms with Crippen LogP contribution in [0.1, 0.15) is 46.8 Å². The van der Waals surface area contributed by atoms with Gasteiger partial charge in [-0.05, 0) is 36.6 Å². The highest BCUT2D eigenvalue weighted by atomic mass is 35.5. The quantitative estimate of drug-likeness (QED) is 0.782. The van der Waals surface area contributed by atoms with Gasteiger partial charge in [-0.2, -0.15) is 0 Å². The Morgan fingerprint density at radius 1 is 1.33 bits per heavy atom. The molecule has 0 bridgehead atoms. The Morgan fingerprint density at radius 3 is 2.88 bits per heavy atom. The van der Waals surface area contributed by atoms with E-state index >= 15 is 0 Å². The summed E-state index contributed by atoms with van der Waals surface area (Å²) in [5.41, 5.74) is 1.33. The van der Waals surface area contributed by atoms with E-state index < -0.39 is 5.82 Å². The van der Waals surface area contributed by atoms with Crippen LogP contribution in [0.15, 0.2) is 30.5 Å². The molecule has 6 heteroatoms. The highest BCUT2D eigenvalue weighted by Gasteiger charge is 2.31. The summed E-state index contributed by atoms with van der Waals surface area (Å²) in [5.74, 6) is -0.967. The minimum absolute atomic E-state index is 0.0397. The maximum atomic E-state index is 14.0. The normalized spacial score (nSPS) is 16.8. The second kappa shape index (κ2) is 6.99. The summed E-state index contributed by atoms with van der Waals surface area (Å²) in [5, 5.41) is 0.437. The van der Waals surface area contributed by atoms with Crippen LogP contribution in [0, 0.1) is 5.82 Å². The SMILES string of the molecule is O=C1CCC(C(=O)CCc2c(F)cc(Cl)cc2Cl)c2cccnc21. The monoisotopic (exact) mass is 365 g/mol. The number of ketones is 2. The predicted octanol–water partition coefficient (Wildman–Crippen LogP) is 4.79. The van der Waals surface area contributed by atoms with E-state index in [2.05, 4.69) is 4.98 Å². The molecule has 3 nitrogen and oxygen atoms in total. The molecule has 1 aliphatic rings. The summed E-state index contributed by atoms with van der Waals surface area (Å²) in [6.07, 6.45) is 2.66. The van der Waals surface area contributed by atoms with Gasteiger partial charge in [0, 0.05) is 40.6 Å². The smallest absolute Gasteiger partial charge is 0.181 e. The molecule has 0 spiro atoms.